The Hall–Kier alpha value is -1.35. The van der Waals surface area contributed by atoms with E-state index in [1.165, 1.54) is 49.9 Å². The lowest BCUT2D eigenvalue weighted by Gasteiger charge is -2.35. The Labute approximate surface area is 135 Å². The van der Waals surface area contributed by atoms with Crippen LogP contribution in [0.2, 0.25) is 0 Å². The molecule has 0 amide bonds. The van der Waals surface area contributed by atoms with Crippen LogP contribution in [0, 0.1) is 13.8 Å². The van der Waals surface area contributed by atoms with Gasteiger partial charge in [0.1, 0.15) is 0 Å². The van der Waals surface area contributed by atoms with E-state index in [1.807, 2.05) is 0 Å². The zero-order valence-electron chi connectivity index (χ0n) is 14.6. The zero-order chi connectivity index (χ0) is 15.9. The summed E-state index contributed by atoms with van der Waals surface area (Å²) in [5.41, 5.74) is 3.49. The van der Waals surface area contributed by atoms with Crippen LogP contribution < -0.4 is 0 Å². The van der Waals surface area contributed by atoms with Crippen molar-refractivity contribution in [1.82, 2.24) is 4.90 Å². The van der Waals surface area contributed by atoms with Gasteiger partial charge in [-0.05, 0) is 57.3 Å². The number of methoxy groups -OCH3 is 1. The van der Waals surface area contributed by atoms with Gasteiger partial charge in [-0.25, -0.2) is 4.99 Å². The molecule has 0 bridgehead atoms. The van der Waals surface area contributed by atoms with Crippen LogP contribution in [0.3, 0.4) is 0 Å². The molecule has 0 saturated carbocycles. The molecule has 3 nitrogen and oxygen atoms in total. The first-order chi connectivity index (χ1) is 10.7. The predicted molar refractivity (Wildman–Crippen MR) is 94.1 cm³/mol. The lowest BCUT2D eigenvalue weighted by Crippen LogP contribution is -2.41. The summed E-state index contributed by atoms with van der Waals surface area (Å²) in [5.74, 6) is 0.866. The van der Waals surface area contributed by atoms with Gasteiger partial charge in [0.2, 0.25) is 0 Å². The molecular formula is C19H30N2O. The van der Waals surface area contributed by atoms with Gasteiger partial charge in [-0.15, -0.1) is 0 Å². The normalized spacial score (nSPS) is 20.2. The van der Waals surface area contributed by atoms with Crippen LogP contribution in [-0.2, 0) is 4.74 Å². The van der Waals surface area contributed by atoms with Crippen LogP contribution in [0.25, 0.3) is 0 Å². The molecule has 22 heavy (non-hydrogen) atoms. The number of hydrogen-bond donors (Lipinski definition) is 0. The summed E-state index contributed by atoms with van der Waals surface area (Å²) >= 11 is 0. The minimum Gasteiger partial charge on any atom is -0.484 e. The average molecular weight is 302 g/mol. The molecule has 2 rings (SSSR count). The summed E-state index contributed by atoms with van der Waals surface area (Å²) < 4.78 is 5.62. The third kappa shape index (κ3) is 4.33. The first-order valence-corrected chi connectivity index (χ1v) is 8.57. The number of ether oxygens (including phenoxy) is 1. The van der Waals surface area contributed by atoms with Crippen molar-refractivity contribution in [3.05, 3.63) is 29.3 Å². The highest BCUT2D eigenvalue weighted by Gasteiger charge is 2.23. The maximum atomic E-state index is 5.62. The Kier molecular flexibility index (Phi) is 6.44. The highest BCUT2D eigenvalue weighted by molar-refractivity contribution is 5.80. The third-order valence-corrected chi connectivity index (χ3v) is 4.58. The number of aliphatic imine (C=N–C) groups is 1. The minimum atomic E-state index is 0.580. The number of likely N-dealkylation sites (tertiary alicyclic amines) is 1. The van der Waals surface area contributed by atoms with Gasteiger partial charge in [-0.3, -0.25) is 4.90 Å². The summed E-state index contributed by atoms with van der Waals surface area (Å²) in [6.07, 6.45) is 6.05. The fourth-order valence-corrected chi connectivity index (χ4v) is 3.36. The monoisotopic (exact) mass is 302 g/mol. The molecular weight excluding hydrogens is 272 g/mol. The smallest absolute Gasteiger partial charge is 0.189 e. The van der Waals surface area contributed by atoms with Crippen molar-refractivity contribution < 1.29 is 4.74 Å². The van der Waals surface area contributed by atoms with Crippen LogP contribution in [0.5, 0.6) is 0 Å². The number of aryl methyl sites for hydroxylation is 2. The summed E-state index contributed by atoms with van der Waals surface area (Å²) in [4.78, 5) is 7.45. The summed E-state index contributed by atoms with van der Waals surface area (Å²) in [6, 6.07) is 6.89. The Bertz CT molecular complexity index is 488. The van der Waals surface area contributed by atoms with E-state index < -0.39 is 0 Å². The predicted octanol–water partition coefficient (Wildman–Crippen LogP) is 4.63. The molecule has 1 fully saturated rings. The molecule has 0 aromatic heterocycles. The molecule has 1 aliphatic heterocycles. The first kappa shape index (κ1) is 17.0. The Balaban J connectivity index is 2.15. The van der Waals surface area contributed by atoms with Crippen LogP contribution in [0.4, 0.5) is 5.69 Å². The molecule has 1 heterocycles. The molecule has 1 saturated heterocycles. The van der Waals surface area contributed by atoms with Gasteiger partial charge < -0.3 is 4.74 Å². The van der Waals surface area contributed by atoms with Gasteiger partial charge in [0.15, 0.2) is 5.90 Å². The van der Waals surface area contributed by atoms with E-state index in [4.69, 9.17) is 9.73 Å². The van der Waals surface area contributed by atoms with Crippen LogP contribution in [-0.4, -0.2) is 37.0 Å². The highest BCUT2D eigenvalue weighted by atomic mass is 16.5. The van der Waals surface area contributed by atoms with E-state index in [0.717, 1.165) is 18.0 Å². The second-order valence-electron chi connectivity index (χ2n) is 6.34. The maximum Gasteiger partial charge on any atom is 0.189 e. The Morgan fingerprint density at radius 2 is 2.00 bits per heavy atom. The van der Waals surface area contributed by atoms with Crippen molar-refractivity contribution >= 4 is 11.6 Å². The SMILES string of the molecule is CCCN1CCCCC1CC(=Nc1c(C)cccc1C)OC. The Morgan fingerprint density at radius 1 is 1.27 bits per heavy atom. The van der Waals surface area contributed by atoms with Gasteiger partial charge in [0.25, 0.3) is 0 Å². The van der Waals surface area contributed by atoms with E-state index >= 15 is 0 Å². The molecule has 1 unspecified atom stereocenters. The average Bonchev–Trinajstić information content (AvgIpc) is 2.52. The van der Waals surface area contributed by atoms with Gasteiger partial charge in [0.05, 0.1) is 12.8 Å². The second kappa shape index (κ2) is 8.33. The fourth-order valence-electron chi connectivity index (χ4n) is 3.36. The van der Waals surface area contributed by atoms with Crippen molar-refractivity contribution in [2.45, 2.75) is 58.9 Å². The Morgan fingerprint density at radius 3 is 2.64 bits per heavy atom. The number of para-hydroxylation sites is 1. The van der Waals surface area contributed by atoms with E-state index in [2.05, 4.69) is 43.9 Å². The minimum absolute atomic E-state index is 0.580. The first-order valence-electron chi connectivity index (χ1n) is 8.57. The quantitative estimate of drug-likeness (QED) is 0.585. The standard InChI is InChI=1S/C19H30N2O/c1-5-12-21-13-7-6-11-17(21)14-18(22-4)20-19-15(2)9-8-10-16(19)3/h8-10,17H,5-7,11-14H2,1-4H3. The lowest BCUT2D eigenvalue weighted by atomic mass is 9.99. The molecule has 1 atom stereocenters. The number of piperidine rings is 1. The molecule has 1 aliphatic rings. The zero-order valence-corrected chi connectivity index (χ0v) is 14.6. The number of hydrogen-bond acceptors (Lipinski definition) is 3. The molecule has 1 aromatic carbocycles. The van der Waals surface area contributed by atoms with Gasteiger partial charge >= 0.3 is 0 Å². The molecule has 0 N–H and O–H groups in total. The maximum absolute atomic E-state index is 5.62. The van der Waals surface area contributed by atoms with Gasteiger partial charge in [-0.1, -0.05) is 31.5 Å². The van der Waals surface area contributed by atoms with Crippen LogP contribution >= 0.6 is 0 Å². The van der Waals surface area contributed by atoms with E-state index in [1.54, 1.807) is 7.11 Å². The van der Waals surface area contributed by atoms with Gasteiger partial charge in [-0.2, -0.15) is 0 Å². The lowest BCUT2D eigenvalue weighted by molar-refractivity contribution is 0.147. The summed E-state index contributed by atoms with van der Waals surface area (Å²) in [5, 5.41) is 0. The molecule has 3 heteroatoms. The van der Waals surface area contributed by atoms with Crippen molar-refractivity contribution in [2.24, 2.45) is 4.99 Å². The summed E-state index contributed by atoms with van der Waals surface area (Å²) in [6.45, 7) is 8.89. The van der Waals surface area contributed by atoms with E-state index in [9.17, 15) is 0 Å². The highest BCUT2D eigenvalue weighted by Crippen LogP contribution is 2.26. The van der Waals surface area contributed by atoms with Crippen molar-refractivity contribution in [2.75, 3.05) is 20.2 Å². The largest absolute Gasteiger partial charge is 0.484 e. The molecule has 0 aliphatic carbocycles. The van der Waals surface area contributed by atoms with E-state index in [0.29, 0.717) is 6.04 Å². The summed E-state index contributed by atoms with van der Waals surface area (Å²) in [7, 11) is 1.75. The van der Waals surface area contributed by atoms with Crippen LogP contribution in [0.15, 0.2) is 23.2 Å². The van der Waals surface area contributed by atoms with Gasteiger partial charge in [0, 0.05) is 12.5 Å². The topological polar surface area (TPSA) is 24.8 Å². The van der Waals surface area contributed by atoms with Crippen LogP contribution in [0.1, 0.15) is 50.2 Å². The number of benzene rings is 1. The molecule has 0 radical (unpaired) electrons. The fraction of sp³-hybridized carbons (Fsp3) is 0.632. The number of rotatable bonds is 5. The van der Waals surface area contributed by atoms with Crippen molar-refractivity contribution in [3.63, 3.8) is 0 Å². The second-order valence-corrected chi connectivity index (χ2v) is 6.34. The van der Waals surface area contributed by atoms with Crippen molar-refractivity contribution in [3.8, 4) is 0 Å². The van der Waals surface area contributed by atoms with E-state index in [-0.39, 0.29) is 0 Å². The molecule has 0 spiro atoms. The van der Waals surface area contributed by atoms with Crippen molar-refractivity contribution in [1.29, 1.82) is 0 Å². The molecule has 122 valence electrons. The third-order valence-electron chi connectivity index (χ3n) is 4.58. The number of nitrogens with zero attached hydrogens (tertiary/aromatic N) is 2. The molecule has 1 aromatic rings.